The van der Waals surface area contributed by atoms with Gasteiger partial charge in [0.05, 0.1) is 12.8 Å². The van der Waals surface area contributed by atoms with E-state index in [-0.39, 0.29) is 5.56 Å². The van der Waals surface area contributed by atoms with Crippen LogP contribution in [0, 0.1) is 0 Å². The number of methoxy groups -OCH3 is 1. The maximum Gasteiger partial charge on any atom is 0.271 e. The van der Waals surface area contributed by atoms with Crippen molar-refractivity contribution in [1.29, 1.82) is 0 Å². The molecule has 2 aromatic rings. The van der Waals surface area contributed by atoms with Gasteiger partial charge in [-0.2, -0.15) is 5.10 Å². The number of nitrogens with zero attached hydrogens (tertiary/aromatic N) is 2. The molecule has 5 nitrogen and oxygen atoms in total. The lowest BCUT2D eigenvalue weighted by Gasteiger charge is -2.13. The molecule has 1 aromatic carbocycles. The number of hydrogen-bond donors (Lipinski definition) is 1. The second kappa shape index (κ2) is 7.22. The predicted molar refractivity (Wildman–Crippen MR) is 88.1 cm³/mol. The minimum Gasteiger partial charge on any atom is -0.496 e. The Morgan fingerprint density at radius 2 is 2.09 bits per heavy atom. The molecule has 1 aromatic heterocycles. The first kappa shape index (κ1) is 16.2. The molecule has 1 atom stereocenters. The highest BCUT2D eigenvalue weighted by Gasteiger charge is 2.12. The average Bonchev–Trinajstić information content (AvgIpc) is 2.55. The van der Waals surface area contributed by atoms with Gasteiger partial charge in [0.25, 0.3) is 5.56 Å². The number of para-hydroxylation sites is 1. The maximum atomic E-state index is 12.2. The second-order valence-corrected chi connectivity index (χ2v) is 5.37. The number of aryl methyl sites for hydroxylation is 1. The van der Waals surface area contributed by atoms with E-state index in [1.807, 2.05) is 30.3 Å². The minimum atomic E-state index is -0.0746. The Kier molecular flexibility index (Phi) is 5.33. The molecule has 0 aliphatic rings. The summed E-state index contributed by atoms with van der Waals surface area (Å²) >= 11 is 0. The van der Waals surface area contributed by atoms with E-state index in [2.05, 4.69) is 24.3 Å². The van der Waals surface area contributed by atoms with Crippen molar-refractivity contribution < 1.29 is 4.74 Å². The Hall–Kier alpha value is -2.14. The van der Waals surface area contributed by atoms with E-state index < -0.39 is 0 Å². The van der Waals surface area contributed by atoms with Crippen LogP contribution in [-0.2, 0) is 13.6 Å². The Morgan fingerprint density at radius 1 is 1.36 bits per heavy atom. The molecule has 1 unspecified atom stereocenters. The van der Waals surface area contributed by atoms with E-state index in [9.17, 15) is 4.79 Å². The van der Waals surface area contributed by atoms with Gasteiger partial charge in [-0.3, -0.25) is 4.79 Å². The Balaban J connectivity index is 2.41. The van der Waals surface area contributed by atoms with Gasteiger partial charge in [-0.25, -0.2) is 4.68 Å². The summed E-state index contributed by atoms with van der Waals surface area (Å²) < 4.78 is 6.77. The van der Waals surface area contributed by atoms with Gasteiger partial charge in [0, 0.05) is 30.8 Å². The fraction of sp³-hybridized carbons (Fsp3) is 0.412. The summed E-state index contributed by atoms with van der Waals surface area (Å²) in [5.74, 6) is 0.745. The average molecular weight is 301 g/mol. The maximum absolute atomic E-state index is 12.2. The van der Waals surface area contributed by atoms with Crippen LogP contribution in [0.15, 0.2) is 35.1 Å². The number of hydrogen-bond acceptors (Lipinski definition) is 4. The Morgan fingerprint density at radius 3 is 2.77 bits per heavy atom. The highest BCUT2D eigenvalue weighted by molar-refractivity contribution is 5.67. The van der Waals surface area contributed by atoms with Crippen LogP contribution >= 0.6 is 0 Å². The Bertz CT molecular complexity index is 695. The quantitative estimate of drug-likeness (QED) is 0.890. The van der Waals surface area contributed by atoms with E-state index in [1.54, 1.807) is 14.2 Å². The van der Waals surface area contributed by atoms with Crippen molar-refractivity contribution in [1.82, 2.24) is 15.1 Å². The largest absolute Gasteiger partial charge is 0.496 e. The molecule has 0 fully saturated rings. The van der Waals surface area contributed by atoms with Crippen LogP contribution in [0.5, 0.6) is 5.75 Å². The molecule has 1 heterocycles. The van der Waals surface area contributed by atoms with Crippen molar-refractivity contribution in [3.8, 4) is 17.0 Å². The molecule has 5 heteroatoms. The summed E-state index contributed by atoms with van der Waals surface area (Å²) in [4.78, 5) is 12.2. The summed E-state index contributed by atoms with van der Waals surface area (Å²) in [6.07, 6.45) is 1.02. The fourth-order valence-corrected chi connectivity index (χ4v) is 2.21. The molecule has 0 aliphatic heterocycles. The zero-order valence-electron chi connectivity index (χ0n) is 13.6. The standard InChI is InChI=1S/C17H23N3O2/c1-5-12(2)18-11-13-10-15(19-20(3)17(13)21)14-8-6-7-9-16(14)22-4/h6-10,12,18H,5,11H2,1-4H3. The van der Waals surface area contributed by atoms with E-state index in [1.165, 1.54) is 4.68 Å². The first-order valence-corrected chi connectivity index (χ1v) is 7.50. The van der Waals surface area contributed by atoms with Gasteiger partial charge in [0.1, 0.15) is 5.75 Å². The highest BCUT2D eigenvalue weighted by Crippen LogP contribution is 2.27. The van der Waals surface area contributed by atoms with Gasteiger partial charge in [-0.15, -0.1) is 0 Å². The molecule has 0 saturated carbocycles. The second-order valence-electron chi connectivity index (χ2n) is 5.37. The number of rotatable bonds is 6. The lowest BCUT2D eigenvalue weighted by atomic mass is 10.1. The molecular weight excluding hydrogens is 278 g/mol. The fourth-order valence-electron chi connectivity index (χ4n) is 2.21. The molecule has 0 saturated heterocycles. The first-order valence-electron chi connectivity index (χ1n) is 7.50. The SMILES string of the molecule is CCC(C)NCc1cc(-c2ccccc2OC)nn(C)c1=O. The highest BCUT2D eigenvalue weighted by atomic mass is 16.5. The van der Waals surface area contributed by atoms with Crippen LogP contribution in [0.3, 0.4) is 0 Å². The van der Waals surface area contributed by atoms with Crippen molar-refractivity contribution in [2.45, 2.75) is 32.9 Å². The van der Waals surface area contributed by atoms with Crippen LogP contribution in [0.1, 0.15) is 25.8 Å². The van der Waals surface area contributed by atoms with Gasteiger partial charge in [-0.05, 0) is 31.5 Å². The normalized spacial score (nSPS) is 12.2. The van der Waals surface area contributed by atoms with Crippen LogP contribution in [0.2, 0.25) is 0 Å². The van der Waals surface area contributed by atoms with Crippen molar-refractivity contribution in [2.24, 2.45) is 7.05 Å². The summed E-state index contributed by atoms with van der Waals surface area (Å²) in [6.45, 7) is 4.75. The minimum absolute atomic E-state index is 0.0746. The third-order valence-corrected chi connectivity index (χ3v) is 3.77. The number of aromatic nitrogens is 2. The smallest absolute Gasteiger partial charge is 0.271 e. The first-order chi connectivity index (χ1) is 10.6. The molecule has 22 heavy (non-hydrogen) atoms. The molecule has 1 N–H and O–H groups in total. The molecule has 0 spiro atoms. The Labute approximate surface area is 130 Å². The van der Waals surface area contributed by atoms with Crippen LogP contribution in [0.4, 0.5) is 0 Å². The van der Waals surface area contributed by atoms with E-state index >= 15 is 0 Å². The predicted octanol–water partition coefficient (Wildman–Crippen LogP) is 2.34. The molecular formula is C17H23N3O2. The number of nitrogens with one attached hydrogen (secondary N) is 1. The van der Waals surface area contributed by atoms with Crippen molar-refractivity contribution >= 4 is 0 Å². The summed E-state index contributed by atoms with van der Waals surface area (Å²) in [7, 11) is 3.31. The summed E-state index contributed by atoms with van der Waals surface area (Å²) in [5.41, 5.74) is 2.25. The lowest BCUT2D eigenvalue weighted by Crippen LogP contribution is -2.31. The van der Waals surface area contributed by atoms with Crippen LogP contribution in [-0.4, -0.2) is 22.9 Å². The van der Waals surface area contributed by atoms with Crippen molar-refractivity contribution in [3.05, 3.63) is 46.2 Å². The van der Waals surface area contributed by atoms with Crippen molar-refractivity contribution in [3.63, 3.8) is 0 Å². The molecule has 118 valence electrons. The zero-order valence-corrected chi connectivity index (χ0v) is 13.6. The van der Waals surface area contributed by atoms with E-state index in [0.29, 0.717) is 18.2 Å². The lowest BCUT2D eigenvalue weighted by molar-refractivity contribution is 0.416. The zero-order chi connectivity index (χ0) is 16.1. The van der Waals surface area contributed by atoms with Gasteiger partial charge in [0.2, 0.25) is 0 Å². The summed E-state index contributed by atoms with van der Waals surface area (Å²) in [5, 5.41) is 7.71. The third kappa shape index (κ3) is 3.54. The van der Waals surface area contributed by atoms with Gasteiger partial charge in [0.15, 0.2) is 0 Å². The molecule has 2 rings (SSSR count). The topological polar surface area (TPSA) is 56.1 Å². The van der Waals surface area contributed by atoms with E-state index in [4.69, 9.17) is 4.74 Å². The summed E-state index contributed by atoms with van der Waals surface area (Å²) in [6, 6.07) is 9.89. The van der Waals surface area contributed by atoms with Crippen LogP contribution < -0.4 is 15.6 Å². The molecule has 0 bridgehead atoms. The van der Waals surface area contributed by atoms with Gasteiger partial charge >= 0.3 is 0 Å². The molecule has 0 radical (unpaired) electrons. The number of benzene rings is 1. The third-order valence-electron chi connectivity index (χ3n) is 3.77. The molecule has 0 aliphatic carbocycles. The van der Waals surface area contributed by atoms with E-state index in [0.717, 1.165) is 23.4 Å². The van der Waals surface area contributed by atoms with Gasteiger partial charge < -0.3 is 10.1 Å². The van der Waals surface area contributed by atoms with Gasteiger partial charge in [-0.1, -0.05) is 19.1 Å². The van der Waals surface area contributed by atoms with Crippen molar-refractivity contribution in [2.75, 3.05) is 7.11 Å². The number of ether oxygens (including phenoxy) is 1. The molecule has 0 amide bonds. The monoisotopic (exact) mass is 301 g/mol. The van der Waals surface area contributed by atoms with Crippen LogP contribution in [0.25, 0.3) is 11.3 Å².